The first-order valence-corrected chi connectivity index (χ1v) is 17.2. The van der Waals surface area contributed by atoms with Crippen molar-refractivity contribution >= 4 is 27.5 Å². The Bertz CT molecular complexity index is 1730. The van der Waals surface area contributed by atoms with E-state index in [0.29, 0.717) is 18.8 Å². The van der Waals surface area contributed by atoms with Crippen molar-refractivity contribution in [1.82, 2.24) is 10.2 Å². The normalized spacial score (nSPS) is 12.5. The van der Waals surface area contributed by atoms with Crippen molar-refractivity contribution in [2.24, 2.45) is 0 Å². The predicted molar refractivity (Wildman–Crippen MR) is 182 cm³/mol. The van der Waals surface area contributed by atoms with E-state index >= 15 is 0 Å². The Kier molecular flexibility index (Phi) is 12.1. The third-order valence-electron chi connectivity index (χ3n) is 7.82. The molecule has 0 aliphatic carbocycles. The lowest BCUT2D eigenvalue weighted by Crippen LogP contribution is -2.54. The average Bonchev–Trinajstić information content (AvgIpc) is 3.06. The minimum absolute atomic E-state index is 0.0691. The van der Waals surface area contributed by atoms with Crippen molar-refractivity contribution in [2.45, 2.75) is 64.1 Å². The molecule has 2 atom stereocenters. The van der Waals surface area contributed by atoms with Gasteiger partial charge in [0.15, 0.2) is 0 Å². The summed E-state index contributed by atoms with van der Waals surface area (Å²) in [7, 11) is -4.35. The van der Waals surface area contributed by atoms with E-state index in [1.54, 1.807) is 24.3 Å². The van der Waals surface area contributed by atoms with Crippen LogP contribution in [0.5, 0.6) is 5.75 Å². The van der Waals surface area contributed by atoms with E-state index in [1.165, 1.54) is 17.0 Å². The Morgan fingerprint density at radius 1 is 0.872 bits per heavy atom. The maximum Gasteiger partial charge on any atom is 0.264 e. The number of sulfonamides is 1. The van der Waals surface area contributed by atoms with Crippen LogP contribution in [0.25, 0.3) is 0 Å². The summed E-state index contributed by atoms with van der Waals surface area (Å²) in [5, 5.41) is 3.03. The van der Waals surface area contributed by atoms with E-state index in [9.17, 15) is 22.4 Å². The van der Waals surface area contributed by atoms with Crippen molar-refractivity contribution < 1.29 is 27.1 Å². The number of amides is 2. The van der Waals surface area contributed by atoms with Crippen LogP contribution >= 0.6 is 0 Å². The minimum atomic E-state index is -4.35. The number of nitrogens with zero attached hydrogens (tertiary/aromatic N) is 2. The van der Waals surface area contributed by atoms with Crippen molar-refractivity contribution in [1.29, 1.82) is 0 Å². The molecule has 2 amide bonds. The van der Waals surface area contributed by atoms with Crippen LogP contribution in [0, 0.1) is 12.7 Å². The van der Waals surface area contributed by atoms with E-state index in [4.69, 9.17) is 4.74 Å². The second-order valence-corrected chi connectivity index (χ2v) is 13.3. The Morgan fingerprint density at radius 2 is 1.53 bits per heavy atom. The minimum Gasteiger partial charge on any atom is -0.494 e. The monoisotopic (exact) mass is 659 g/mol. The van der Waals surface area contributed by atoms with Gasteiger partial charge in [-0.3, -0.25) is 13.9 Å². The maximum atomic E-state index is 14.6. The Balaban J connectivity index is 1.81. The molecule has 0 aliphatic heterocycles. The number of anilines is 1. The second kappa shape index (κ2) is 16.2. The summed E-state index contributed by atoms with van der Waals surface area (Å²) in [5.41, 5.74) is 2.83. The molecule has 4 aromatic carbocycles. The van der Waals surface area contributed by atoms with Gasteiger partial charge in [-0.1, -0.05) is 67.1 Å². The topological polar surface area (TPSA) is 96.0 Å². The van der Waals surface area contributed by atoms with Gasteiger partial charge in [0.2, 0.25) is 11.8 Å². The third-order valence-corrected chi connectivity index (χ3v) is 9.61. The van der Waals surface area contributed by atoms with E-state index < -0.39 is 34.3 Å². The van der Waals surface area contributed by atoms with Gasteiger partial charge >= 0.3 is 0 Å². The molecule has 1 N–H and O–H groups in total. The van der Waals surface area contributed by atoms with Crippen LogP contribution < -0.4 is 14.4 Å². The SMILES string of the molecule is CCOc1ccc(N(CC(=O)N(Cc2cccc(C)c2)[C@H](Cc2ccccc2)C(=O)N[C@@H](C)CC)S(=O)(=O)c2ccc(F)cc2)cc1. The Morgan fingerprint density at radius 3 is 2.15 bits per heavy atom. The summed E-state index contributed by atoms with van der Waals surface area (Å²) < 4.78 is 48.6. The molecule has 4 aromatic rings. The fourth-order valence-corrected chi connectivity index (χ4v) is 6.55. The van der Waals surface area contributed by atoms with Crippen LogP contribution in [-0.2, 0) is 32.6 Å². The molecule has 248 valence electrons. The van der Waals surface area contributed by atoms with Gasteiger partial charge in [-0.15, -0.1) is 0 Å². The number of benzene rings is 4. The standard InChI is InChI=1S/C37H42FN3O5S/c1-5-28(4)39-37(43)35(24-29-12-8-7-9-13-29)40(25-30-14-10-11-27(3)23-30)36(42)26-41(32-17-19-33(20-18-32)46-6-2)47(44,45)34-21-15-31(38)16-22-34/h7-23,28,35H,5-6,24-26H2,1-4H3,(H,39,43)/t28-,35+/m0/s1. The average molecular weight is 660 g/mol. The fraction of sp³-hybridized carbons (Fsp3) is 0.297. The summed E-state index contributed by atoms with van der Waals surface area (Å²) in [6, 6.07) is 26.8. The molecular formula is C37H42FN3O5S. The van der Waals surface area contributed by atoms with Gasteiger partial charge in [-0.25, -0.2) is 12.8 Å². The molecule has 0 saturated heterocycles. The molecule has 0 aliphatic rings. The quantitative estimate of drug-likeness (QED) is 0.162. The number of carbonyl (C=O) groups excluding carboxylic acids is 2. The number of carbonyl (C=O) groups is 2. The molecule has 0 radical (unpaired) electrons. The molecule has 0 spiro atoms. The highest BCUT2D eigenvalue weighted by molar-refractivity contribution is 7.92. The molecule has 0 bridgehead atoms. The van der Waals surface area contributed by atoms with Crippen molar-refractivity contribution in [3.63, 3.8) is 0 Å². The van der Waals surface area contributed by atoms with E-state index in [0.717, 1.165) is 33.1 Å². The van der Waals surface area contributed by atoms with Gasteiger partial charge in [0, 0.05) is 19.0 Å². The summed E-state index contributed by atoms with van der Waals surface area (Å²) in [6.45, 7) is 7.51. The van der Waals surface area contributed by atoms with Crippen molar-refractivity contribution in [3.8, 4) is 5.75 Å². The molecule has 0 saturated carbocycles. The number of rotatable bonds is 15. The number of nitrogens with one attached hydrogen (secondary N) is 1. The van der Waals surface area contributed by atoms with Gasteiger partial charge in [-0.2, -0.15) is 0 Å². The first-order valence-electron chi connectivity index (χ1n) is 15.7. The number of aryl methyl sites for hydroxylation is 1. The van der Waals surface area contributed by atoms with Crippen LogP contribution in [0.4, 0.5) is 10.1 Å². The number of ether oxygens (including phenoxy) is 1. The molecule has 47 heavy (non-hydrogen) atoms. The molecular weight excluding hydrogens is 617 g/mol. The summed E-state index contributed by atoms with van der Waals surface area (Å²) in [6.07, 6.45) is 0.908. The summed E-state index contributed by atoms with van der Waals surface area (Å²) in [4.78, 5) is 29.8. The maximum absolute atomic E-state index is 14.6. The zero-order chi connectivity index (χ0) is 34.0. The van der Waals surface area contributed by atoms with Crippen LogP contribution in [-0.4, -0.2) is 50.4 Å². The van der Waals surface area contributed by atoms with Gasteiger partial charge < -0.3 is 15.0 Å². The van der Waals surface area contributed by atoms with Gasteiger partial charge in [0.05, 0.1) is 17.2 Å². The van der Waals surface area contributed by atoms with E-state index in [1.807, 2.05) is 82.3 Å². The fourth-order valence-electron chi connectivity index (χ4n) is 5.14. The molecule has 10 heteroatoms. The highest BCUT2D eigenvalue weighted by Crippen LogP contribution is 2.27. The first kappa shape index (κ1) is 35.2. The largest absolute Gasteiger partial charge is 0.494 e. The van der Waals surface area contributed by atoms with Crippen LogP contribution in [0.1, 0.15) is 43.9 Å². The lowest BCUT2D eigenvalue weighted by molar-refractivity contribution is -0.140. The number of hydrogen-bond acceptors (Lipinski definition) is 5. The predicted octanol–water partition coefficient (Wildman–Crippen LogP) is 6.28. The van der Waals surface area contributed by atoms with Crippen molar-refractivity contribution in [2.75, 3.05) is 17.5 Å². The van der Waals surface area contributed by atoms with Gasteiger partial charge in [0.25, 0.3) is 10.0 Å². The Labute approximate surface area is 277 Å². The van der Waals surface area contributed by atoms with Crippen molar-refractivity contribution in [3.05, 3.63) is 126 Å². The second-order valence-electron chi connectivity index (χ2n) is 11.4. The molecule has 0 heterocycles. The zero-order valence-electron chi connectivity index (χ0n) is 27.2. The smallest absolute Gasteiger partial charge is 0.264 e. The van der Waals surface area contributed by atoms with E-state index in [-0.39, 0.29) is 35.5 Å². The molecule has 0 fully saturated rings. The van der Waals surface area contributed by atoms with Gasteiger partial charge in [-0.05, 0) is 86.8 Å². The highest BCUT2D eigenvalue weighted by Gasteiger charge is 2.35. The first-order chi connectivity index (χ1) is 22.5. The van der Waals surface area contributed by atoms with Crippen LogP contribution in [0.15, 0.2) is 108 Å². The van der Waals surface area contributed by atoms with Gasteiger partial charge in [0.1, 0.15) is 24.2 Å². The lowest BCUT2D eigenvalue weighted by atomic mass is 10.0. The lowest BCUT2D eigenvalue weighted by Gasteiger charge is -2.34. The molecule has 8 nitrogen and oxygen atoms in total. The molecule has 0 unspecified atom stereocenters. The highest BCUT2D eigenvalue weighted by atomic mass is 32.2. The van der Waals surface area contributed by atoms with Crippen LogP contribution in [0.3, 0.4) is 0 Å². The zero-order valence-corrected chi connectivity index (χ0v) is 28.0. The third kappa shape index (κ3) is 9.42. The summed E-state index contributed by atoms with van der Waals surface area (Å²) >= 11 is 0. The molecule has 0 aromatic heterocycles. The number of halogens is 1. The van der Waals surface area contributed by atoms with Crippen LogP contribution in [0.2, 0.25) is 0 Å². The number of hydrogen-bond donors (Lipinski definition) is 1. The van der Waals surface area contributed by atoms with E-state index in [2.05, 4.69) is 5.32 Å². The molecule has 4 rings (SSSR count). The summed E-state index contributed by atoms with van der Waals surface area (Å²) in [5.74, 6) is -0.968. The Hall–Kier alpha value is -4.70.